The molecule has 0 atom stereocenters. The Balaban J connectivity index is 1.70. The number of para-hydroxylation sites is 1. The van der Waals surface area contributed by atoms with Crippen LogP contribution in [0.25, 0.3) is 11.1 Å². The van der Waals surface area contributed by atoms with Crippen molar-refractivity contribution >= 4 is 11.7 Å². The Morgan fingerprint density at radius 2 is 1.72 bits per heavy atom. The van der Waals surface area contributed by atoms with Crippen LogP contribution in [0.1, 0.15) is 15.9 Å². The number of benzene rings is 3. The number of hydrogen-bond donors (Lipinski definition) is 1. The number of aromatic carboxylic acids is 1. The average Bonchev–Trinajstić information content (AvgIpc) is 2.68. The minimum Gasteiger partial charge on any atom is -0.478 e. The Hall–Kier alpha value is -3.27. The molecule has 4 heteroatoms. The maximum atomic E-state index is 11.5. The van der Waals surface area contributed by atoms with E-state index in [1.165, 1.54) is 0 Å². The highest BCUT2D eigenvalue weighted by molar-refractivity contribution is 5.96. The summed E-state index contributed by atoms with van der Waals surface area (Å²) in [5, 5.41) is 9.42. The summed E-state index contributed by atoms with van der Waals surface area (Å²) in [7, 11) is 0. The Morgan fingerprint density at radius 1 is 0.960 bits per heavy atom. The molecule has 4 nitrogen and oxygen atoms in total. The maximum absolute atomic E-state index is 11.5. The van der Waals surface area contributed by atoms with Gasteiger partial charge in [0.25, 0.3) is 0 Å². The number of ether oxygens (including phenoxy) is 1. The van der Waals surface area contributed by atoms with Crippen molar-refractivity contribution in [1.82, 2.24) is 0 Å². The van der Waals surface area contributed by atoms with E-state index in [1.54, 1.807) is 12.1 Å². The summed E-state index contributed by atoms with van der Waals surface area (Å²) < 4.78 is 5.87. The molecule has 0 saturated heterocycles. The minimum atomic E-state index is -0.921. The van der Waals surface area contributed by atoms with Crippen molar-refractivity contribution in [1.29, 1.82) is 0 Å². The lowest BCUT2D eigenvalue weighted by atomic mass is 9.97. The minimum absolute atomic E-state index is 0.305. The van der Waals surface area contributed by atoms with E-state index < -0.39 is 5.97 Å². The highest BCUT2D eigenvalue weighted by Gasteiger charge is 2.19. The molecule has 0 bridgehead atoms. The van der Waals surface area contributed by atoms with Gasteiger partial charge in [0.15, 0.2) is 6.73 Å². The van der Waals surface area contributed by atoms with Crippen molar-refractivity contribution in [3.05, 3.63) is 83.9 Å². The van der Waals surface area contributed by atoms with E-state index in [1.807, 2.05) is 48.5 Å². The first-order chi connectivity index (χ1) is 12.2. The van der Waals surface area contributed by atoms with Gasteiger partial charge in [-0.3, -0.25) is 0 Å². The summed E-state index contributed by atoms with van der Waals surface area (Å²) in [5.74, 6) is -0.0702. The van der Waals surface area contributed by atoms with Gasteiger partial charge in [-0.25, -0.2) is 4.79 Å². The first-order valence-corrected chi connectivity index (χ1v) is 8.11. The molecule has 0 aliphatic carbocycles. The standard InChI is InChI=1S/C21H17NO3/c23-21(24)19-9-5-4-8-18(19)15-10-11-20-16(12-15)13-22(14-25-20)17-6-2-1-3-7-17/h1-12H,13-14H2,(H,23,24). The molecule has 0 fully saturated rings. The number of carbonyl (C=O) groups is 1. The van der Waals surface area contributed by atoms with E-state index in [4.69, 9.17) is 4.74 Å². The van der Waals surface area contributed by atoms with E-state index in [-0.39, 0.29) is 0 Å². The van der Waals surface area contributed by atoms with Crippen LogP contribution in [-0.2, 0) is 6.54 Å². The van der Waals surface area contributed by atoms with E-state index in [0.717, 1.165) is 34.7 Å². The molecule has 0 aromatic heterocycles. The highest BCUT2D eigenvalue weighted by Crippen LogP contribution is 2.33. The second-order valence-electron chi connectivity index (χ2n) is 5.98. The molecule has 1 heterocycles. The van der Waals surface area contributed by atoms with Crippen molar-refractivity contribution in [2.45, 2.75) is 6.54 Å². The molecule has 1 N–H and O–H groups in total. The van der Waals surface area contributed by atoms with Crippen LogP contribution >= 0.6 is 0 Å². The molecule has 4 rings (SSSR count). The molecule has 0 unspecified atom stereocenters. The SMILES string of the molecule is O=C(O)c1ccccc1-c1ccc2c(c1)CN(c1ccccc1)CO2. The highest BCUT2D eigenvalue weighted by atomic mass is 16.5. The van der Waals surface area contributed by atoms with Gasteiger partial charge in [0.05, 0.1) is 5.56 Å². The van der Waals surface area contributed by atoms with Crippen LogP contribution < -0.4 is 9.64 Å². The van der Waals surface area contributed by atoms with Crippen LogP contribution in [0.2, 0.25) is 0 Å². The monoisotopic (exact) mass is 331 g/mol. The average molecular weight is 331 g/mol. The molecule has 0 radical (unpaired) electrons. The lowest BCUT2D eigenvalue weighted by Gasteiger charge is -2.31. The number of nitrogens with zero attached hydrogens (tertiary/aromatic N) is 1. The second kappa shape index (κ2) is 6.32. The fraction of sp³-hybridized carbons (Fsp3) is 0.0952. The summed E-state index contributed by atoms with van der Waals surface area (Å²) in [4.78, 5) is 13.6. The van der Waals surface area contributed by atoms with E-state index >= 15 is 0 Å². The van der Waals surface area contributed by atoms with Gasteiger partial charge in [-0.2, -0.15) is 0 Å². The number of fused-ring (bicyclic) bond motifs is 1. The van der Waals surface area contributed by atoms with Crippen LogP contribution in [0.4, 0.5) is 5.69 Å². The second-order valence-corrected chi connectivity index (χ2v) is 5.98. The molecule has 0 spiro atoms. The van der Waals surface area contributed by atoms with Gasteiger partial charge in [0.2, 0.25) is 0 Å². The van der Waals surface area contributed by atoms with Crippen LogP contribution in [0, 0.1) is 0 Å². The molecule has 1 aliphatic rings. The first-order valence-electron chi connectivity index (χ1n) is 8.11. The van der Waals surface area contributed by atoms with Crippen molar-refractivity contribution < 1.29 is 14.6 Å². The van der Waals surface area contributed by atoms with Crippen LogP contribution in [0.3, 0.4) is 0 Å². The lowest BCUT2D eigenvalue weighted by molar-refractivity contribution is 0.0697. The summed E-state index contributed by atoms with van der Waals surface area (Å²) in [6.45, 7) is 1.23. The Bertz CT molecular complexity index is 921. The number of hydrogen-bond acceptors (Lipinski definition) is 3. The lowest BCUT2D eigenvalue weighted by Crippen LogP contribution is -2.31. The zero-order valence-electron chi connectivity index (χ0n) is 13.6. The smallest absolute Gasteiger partial charge is 0.336 e. The fourth-order valence-corrected chi connectivity index (χ4v) is 3.14. The normalized spacial score (nSPS) is 13.0. The molecular weight excluding hydrogens is 314 g/mol. The zero-order valence-corrected chi connectivity index (χ0v) is 13.6. The van der Waals surface area contributed by atoms with Crippen molar-refractivity contribution in [2.75, 3.05) is 11.6 Å². The van der Waals surface area contributed by atoms with Crippen molar-refractivity contribution in [3.63, 3.8) is 0 Å². The quantitative estimate of drug-likeness (QED) is 0.772. The Morgan fingerprint density at radius 3 is 2.52 bits per heavy atom. The third-order valence-electron chi connectivity index (χ3n) is 4.39. The number of carboxylic acid groups (broad SMARTS) is 1. The van der Waals surface area contributed by atoms with Crippen molar-refractivity contribution in [3.8, 4) is 16.9 Å². The largest absolute Gasteiger partial charge is 0.478 e. The Kier molecular flexibility index (Phi) is 3.86. The summed E-state index contributed by atoms with van der Waals surface area (Å²) in [6, 6.07) is 23.0. The summed E-state index contributed by atoms with van der Waals surface area (Å²) in [5.41, 5.74) is 4.06. The molecule has 0 saturated carbocycles. The maximum Gasteiger partial charge on any atom is 0.336 e. The molecule has 1 aliphatic heterocycles. The number of rotatable bonds is 3. The van der Waals surface area contributed by atoms with Gasteiger partial charge in [-0.15, -0.1) is 0 Å². The molecule has 0 amide bonds. The van der Waals surface area contributed by atoms with Gasteiger partial charge >= 0.3 is 5.97 Å². The molecule has 3 aromatic rings. The molecular formula is C21H17NO3. The summed E-state index contributed by atoms with van der Waals surface area (Å²) in [6.07, 6.45) is 0. The number of carboxylic acids is 1. The van der Waals surface area contributed by atoms with Gasteiger partial charge in [0.1, 0.15) is 5.75 Å². The van der Waals surface area contributed by atoms with Gasteiger partial charge in [-0.05, 0) is 41.5 Å². The Labute approximate surface area is 145 Å². The third kappa shape index (κ3) is 2.94. The van der Waals surface area contributed by atoms with E-state index in [9.17, 15) is 9.90 Å². The predicted molar refractivity (Wildman–Crippen MR) is 97.0 cm³/mol. The predicted octanol–water partition coefficient (Wildman–Crippen LogP) is 4.41. The molecule has 3 aromatic carbocycles. The van der Waals surface area contributed by atoms with E-state index in [0.29, 0.717) is 12.3 Å². The third-order valence-corrected chi connectivity index (χ3v) is 4.39. The molecule has 124 valence electrons. The van der Waals surface area contributed by atoms with E-state index in [2.05, 4.69) is 17.0 Å². The van der Waals surface area contributed by atoms with Crippen LogP contribution in [-0.4, -0.2) is 17.8 Å². The topological polar surface area (TPSA) is 49.8 Å². The van der Waals surface area contributed by atoms with Crippen LogP contribution in [0.15, 0.2) is 72.8 Å². The summed E-state index contributed by atoms with van der Waals surface area (Å²) >= 11 is 0. The number of anilines is 1. The van der Waals surface area contributed by atoms with Crippen molar-refractivity contribution in [2.24, 2.45) is 0 Å². The zero-order chi connectivity index (χ0) is 17.2. The van der Waals surface area contributed by atoms with Gasteiger partial charge < -0.3 is 14.7 Å². The van der Waals surface area contributed by atoms with Crippen LogP contribution in [0.5, 0.6) is 5.75 Å². The van der Waals surface area contributed by atoms with Gasteiger partial charge in [0, 0.05) is 17.8 Å². The molecule has 25 heavy (non-hydrogen) atoms. The fourth-order valence-electron chi connectivity index (χ4n) is 3.14. The first kappa shape index (κ1) is 15.3. The van der Waals surface area contributed by atoms with Gasteiger partial charge in [-0.1, -0.05) is 42.5 Å².